The molecule has 1 aromatic rings. The van der Waals surface area contributed by atoms with E-state index in [1.807, 2.05) is 43.0 Å². The number of rotatable bonds is 6. The topological polar surface area (TPSA) is 73.4 Å². The van der Waals surface area contributed by atoms with Crippen LogP contribution < -0.4 is 16.0 Å². The van der Waals surface area contributed by atoms with E-state index in [0.29, 0.717) is 23.8 Å². The molecule has 2 heterocycles. The van der Waals surface area contributed by atoms with Gasteiger partial charge in [0.05, 0.1) is 0 Å². The van der Waals surface area contributed by atoms with E-state index in [1.165, 1.54) is 5.56 Å². The largest absolute Gasteiger partial charge is 0.365 e. The molecule has 1 amide bonds. The van der Waals surface area contributed by atoms with Crippen LogP contribution in [-0.4, -0.2) is 40.5 Å². The van der Waals surface area contributed by atoms with Gasteiger partial charge in [0.2, 0.25) is 5.91 Å². The number of carbonyl (C=O) groups is 1. The SMILES string of the molecule is Cc1ccc(NC(=O)CCCCC2SCC3NC(O)NC32)cc1. The molecule has 126 valence electrons. The summed E-state index contributed by atoms with van der Waals surface area (Å²) in [5.41, 5.74) is 2.06. The molecule has 2 fully saturated rings. The number of aliphatic hydroxyl groups is 1. The van der Waals surface area contributed by atoms with Crippen molar-refractivity contribution < 1.29 is 9.90 Å². The van der Waals surface area contributed by atoms with Gasteiger partial charge in [-0.15, -0.1) is 0 Å². The summed E-state index contributed by atoms with van der Waals surface area (Å²) in [5.74, 6) is 1.13. The molecular formula is C17H25N3O2S. The van der Waals surface area contributed by atoms with Gasteiger partial charge in [0.15, 0.2) is 6.35 Å². The zero-order valence-electron chi connectivity index (χ0n) is 13.4. The van der Waals surface area contributed by atoms with Crippen LogP contribution >= 0.6 is 11.8 Å². The van der Waals surface area contributed by atoms with E-state index in [2.05, 4.69) is 16.0 Å². The second kappa shape index (κ2) is 7.66. The Balaban J connectivity index is 1.33. The van der Waals surface area contributed by atoms with Gasteiger partial charge < -0.3 is 10.4 Å². The van der Waals surface area contributed by atoms with Crippen molar-refractivity contribution in [3.8, 4) is 0 Å². The van der Waals surface area contributed by atoms with Crippen LogP contribution in [0, 0.1) is 6.92 Å². The van der Waals surface area contributed by atoms with Crippen LogP contribution in [0.25, 0.3) is 0 Å². The van der Waals surface area contributed by atoms with Crippen LogP contribution in [0.3, 0.4) is 0 Å². The fourth-order valence-corrected chi connectivity index (χ4v) is 4.82. The second-order valence-corrected chi connectivity index (χ2v) is 7.67. The van der Waals surface area contributed by atoms with Gasteiger partial charge in [-0.05, 0) is 31.9 Å². The number of hydrogen-bond donors (Lipinski definition) is 4. The molecule has 4 N–H and O–H groups in total. The van der Waals surface area contributed by atoms with Crippen molar-refractivity contribution in [2.24, 2.45) is 0 Å². The lowest BCUT2D eigenvalue weighted by molar-refractivity contribution is -0.116. The van der Waals surface area contributed by atoms with Crippen LogP contribution in [0.4, 0.5) is 5.69 Å². The normalized spacial score (nSPS) is 29.5. The zero-order chi connectivity index (χ0) is 16.2. The van der Waals surface area contributed by atoms with Crippen LogP contribution in [-0.2, 0) is 4.79 Å². The molecular weight excluding hydrogens is 310 g/mol. The first-order chi connectivity index (χ1) is 11.1. The molecule has 23 heavy (non-hydrogen) atoms. The van der Waals surface area contributed by atoms with Crippen molar-refractivity contribution >= 4 is 23.4 Å². The molecule has 1 aromatic carbocycles. The number of aliphatic hydroxyl groups excluding tert-OH is 1. The van der Waals surface area contributed by atoms with Gasteiger partial charge in [-0.1, -0.05) is 24.1 Å². The van der Waals surface area contributed by atoms with E-state index in [-0.39, 0.29) is 5.91 Å². The molecule has 0 saturated carbocycles. The Labute approximate surface area is 141 Å². The second-order valence-electron chi connectivity index (χ2n) is 6.40. The Bertz CT molecular complexity index is 537. The number of aryl methyl sites for hydroxylation is 1. The lowest BCUT2D eigenvalue weighted by Gasteiger charge is -2.17. The smallest absolute Gasteiger partial charge is 0.224 e. The highest BCUT2D eigenvalue weighted by atomic mass is 32.2. The number of amides is 1. The monoisotopic (exact) mass is 335 g/mol. The first kappa shape index (κ1) is 16.8. The van der Waals surface area contributed by atoms with Gasteiger partial charge in [-0.25, -0.2) is 0 Å². The number of nitrogens with one attached hydrogen (secondary N) is 3. The predicted molar refractivity (Wildman–Crippen MR) is 94.4 cm³/mol. The number of carbonyl (C=O) groups excluding carboxylic acids is 1. The minimum absolute atomic E-state index is 0.0851. The highest BCUT2D eigenvalue weighted by molar-refractivity contribution is 8.00. The minimum atomic E-state index is -0.561. The molecule has 2 saturated heterocycles. The number of hydrogen-bond acceptors (Lipinski definition) is 5. The van der Waals surface area contributed by atoms with Crippen LogP contribution in [0.5, 0.6) is 0 Å². The summed E-state index contributed by atoms with van der Waals surface area (Å²) in [6.45, 7) is 2.03. The first-order valence-electron chi connectivity index (χ1n) is 8.30. The lowest BCUT2D eigenvalue weighted by Crippen LogP contribution is -2.37. The molecule has 0 aliphatic carbocycles. The zero-order valence-corrected chi connectivity index (χ0v) is 14.2. The van der Waals surface area contributed by atoms with Crippen LogP contribution in [0.15, 0.2) is 24.3 Å². The van der Waals surface area contributed by atoms with Gasteiger partial charge in [0.1, 0.15) is 0 Å². The number of anilines is 1. The van der Waals surface area contributed by atoms with Gasteiger partial charge in [-0.2, -0.15) is 11.8 Å². The average molecular weight is 335 g/mol. The maximum absolute atomic E-state index is 11.9. The van der Waals surface area contributed by atoms with Crippen molar-refractivity contribution in [1.82, 2.24) is 10.6 Å². The number of benzene rings is 1. The summed E-state index contributed by atoms with van der Waals surface area (Å²) in [7, 11) is 0. The number of unbranched alkanes of at least 4 members (excludes halogenated alkanes) is 1. The standard InChI is InChI=1S/C17H25N3O2S/c1-11-6-8-12(9-7-11)18-15(21)5-3-2-4-14-16-13(10-23-14)19-17(22)20-16/h6-9,13-14,16-17,19-20,22H,2-5,10H2,1H3,(H,18,21). The summed E-state index contributed by atoms with van der Waals surface area (Å²) >= 11 is 1.96. The fraction of sp³-hybridized carbons (Fsp3) is 0.588. The van der Waals surface area contributed by atoms with Crippen molar-refractivity contribution in [2.75, 3.05) is 11.1 Å². The average Bonchev–Trinajstić information content (AvgIpc) is 3.06. The predicted octanol–water partition coefficient (Wildman–Crippen LogP) is 1.82. The molecule has 2 aliphatic heterocycles. The Morgan fingerprint density at radius 1 is 1.30 bits per heavy atom. The molecule has 5 nitrogen and oxygen atoms in total. The third-order valence-corrected chi connectivity index (χ3v) is 6.03. The van der Waals surface area contributed by atoms with Crippen molar-refractivity contribution in [2.45, 2.75) is 56.3 Å². The Morgan fingerprint density at radius 2 is 2.09 bits per heavy atom. The van der Waals surface area contributed by atoms with E-state index >= 15 is 0 Å². The number of thioether (sulfide) groups is 1. The van der Waals surface area contributed by atoms with Gasteiger partial charge in [0, 0.05) is 35.2 Å². The van der Waals surface area contributed by atoms with Crippen molar-refractivity contribution in [3.63, 3.8) is 0 Å². The third kappa shape index (κ3) is 4.47. The maximum atomic E-state index is 11.9. The molecule has 0 bridgehead atoms. The van der Waals surface area contributed by atoms with Crippen molar-refractivity contribution in [3.05, 3.63) is 29.8 Å². The highest BCUT2D eigenvalue weighted by Gasteiger charge is 2.42. The molecule has 4 atom stereocenters. The molecule has 3 rings (SSSR count). The summed E-state index contributed by atoms with van der Waals surface area (Å²) < 4.78 is 0. The van der Waals surface area contributed by atoms with E-state index in [4.69, 9.17) is 0 Å². The van der Waals surface area contributed by atoms with E-state index in [9.17, 15) is 9.90 Å². The Kier molecular flexibility index (Phi) is 5.58. The maximum Gasteiger partial charge on any atom is 0.224 e. The quantitative estimate of drug-likeness (QED) is 0.597. The summed E-state index contributed by atoms with van der Waals surface area (Å²) in [4.78, 5) is 11.9. The molecule has 0 radical (unpaired) electrons. The van der Waals surface area contributed by atoms with Crippen LogP contribution in [0.1, 0.15) is 31.2 Å². The lowest BCUT2D eigenvalue weighted by atomic mass is 10.0. The number of fused-ring (bicyclic) bond motifs is 1. The van der Waals surface area contributed by atoms with E-state index in [1.54, 1.807) is 0 Å². The van der Waals surface area contributed by atoms with Gasteiger partial charge in [-0.3, -0.25) is 15.4 Å². The van der Waals surface area contributed by atoms with Gasteiger partial charge in [0.25, 0.3) is 0 Å². The van der Waals surface area contributed by atoms with Gasteiger partial charge >= 0.3 is 0 Å². The summed E-state index contributed by atoms with van der Waals surface area (Å²) in [5, 5.41) is 19.4. The molecule has 4 unspecified atom stereocenters. The molecule has 6 heteroatoms. The van der Waals surface area contributed by atoms with E-state index < -0.39 is 6.35 Å². The third-order valence-electron chi connectivity index (χ3n) is 4.52. The van der Waals surface area contributed by atoms with Crippen molar-refractivity contribution in [1.29, 1.82) is 0 Å². The van der Waals surface area contributed by atoms with Crippen LogP contribution in [0.2, 0.25) is 0 Å². The minimum Gasteiger partial charge on any atom is -0.365 e. The Hall–Kier alpha value is -1.08. The Morgan fingerprint density at radius 3 is 2.87 bits per heavy atom. The highest BCUT2D eigenvalue weighted by Crippen LogP contribution is 2.33. The summed E-state index contributed by atoms with van der Waals surface area (Å²) in [6, 6.07) is 8.61. The summed E-state index contributed by atoms with van der Waals surface area (Å²) in [6.07, 6.45) is 3.04. The first-order valence-corrected chi connectivity index (χ1v) is 9.35. The molecule has 0 spiro atoms. The fourth-order valence-electron chi connectivity index (χ4n) is 3.26. The van der Waals surface area contributed by atoms with E-state index in [0.717, 1.165) is 30.7 Å². The molecule has 0 aromatic heterocycles. The molecule has 2 aliphatic rings.